The van der Waals surface area contributed by atoms with Crippen molar-refractivity contribution in [1.29, 1.82) is 0 Å². The molecule has 1 aromatic carbocycles. The van der Waals surface area contributed by atoms with Crippen molar-refractivity contribution in [3.63, 3.8) is 0 Å². The van der Waals surface area contributed by atoms with Crippen LogP contribution in [0.2, 0.25) is 19.6 Å². The van der Waals surface area contributed by atoms with E-state index < -0.39 is 7.22 Å². The van der Waals surface area contributed by atoms with Crippen LogP contribution in [-0.4, -0.2) is 18.4 Å². The Hall–Kier alpha value is -1.39. The summed E-state index contributed by atoms with van der Waals surface area (Å²) in [5.41, 5.74) is 1.84. The van der Waals surface area contributed by atoms with E-state index >= 15 is 0 Å². The Labute approximate surface area is 119 Å². The summed E-state index contributed by atoms with van der Waals surface area (Å²) in [7, 11) is -1.12. The second kappa shape index (κ2) is 6.17. The number of hydrogen-bond acceptors (Lipinski definition) is 3. The molecule has 0 N–H and O–H groups in total. The average molecular weight is 286 g/mol. The van der Waals surface area contributed by atoms with Crippen molar-refractivity contribution >= 4 is 30.3 Å². The Morgan fingerprint density at radius 3 is 2.37 bits per heavy atom. The number of nitrogens with zero attached hydrogens (tertiary/aromatic N) is 2. The summed E-state index contributed by atoms with van der Waals surface area (Å²) < 4.78 is 0. The minimum absolute atomic E-state index is 0.878. The molecule has 0 radical (unpaired) electrons. The first-order valence-electron chi connectivity index (χ1n) is 6.27. The molecule has 0 bridgehead atoms. The van der Waals surface area contributed by atoms with Crippen molar-refractivity contribution in [2.75, 3.05) is 0 Å². The Bertz CT molecular complexity index is 545. The quantitative estimate of drug-likeness (QED) is 0.598. The molecule has 2 rings (SSSR count). The van der Waals surface area contributed by atoms with E-state index in [0.717, 1.165) is 11.4 Å². The van der Waals surface area contributed by atoms with Crippen molar-refractivity contribution in [3.8, 4) is 0 Å². The van der Waals surface area contributed by atoms with Gasteiger partial charge in [0.25, 0.3) is 0 Å². The lowest BCUT2D eigenvalue weighted by atomic mass is 10.3. The van der Waals surface area contributed by atoms with Gasteiger partial charge in [-0.3, -0.25) is 9.98 Å². The van der Waals surface area contributed by atoms with Crippen LogP contribution in [0.25, 0.3) is 0 Å². The van der Waals surface area contributed by atoms with Crippen LogP contribution in [0.3, 0.4) is 0 Å². The van der Waals surface area contributed by atoms with Crippen molar-refractivity contribution in [2.24, 2.45) is 4.99 Å². The molecule has 0 aliphatic carbocycles. The zero-order chi connectivity index (χ0) is 13.7. The van der Waals surface area contributed by atoms with Gasteiger partial charge in [0.15, 0.2) is 0 Å². The van der Waals surface area contributed by atoms with E-state index in [0.29, 0.717) is 0 Å². The largest absolute Gasteiger partial charge is 0.255 e. The fraction of sp³-hybridized carbons (Fsp3) is 0.200. The predicted molar refractivity (Wildman–Crippen MR) is 87.1 cm³/mol. The highest BCUT2D eigenvalue weighted by Gasteiger charge is 2.14. The highest BCUT2D eigenvalue weighted by molar-refractivity contribution is 8.28. The van der Waals surface area contributed by atoms with E-state index in [1.807, 2.05) is 29.4 Å². The van der Waals surface area contributed by atoms with E-state index in [1.165, 1.54) is 4.90 Å². The fourth-order valence-corrected chi connectivity index (χ4v) is 5.06. The molecule has 0 atom stereocenters. The van der Waals surface area contributed by atoms with Crippen LogP contribution < -0.4 is 0 Å². The van der Waals surface area contributed by atoms with Crippen LogP contribution in [0.4, 0.5) is 5.69 Å². The lowest BCUT2D eigenvalue weighted by molar-refractivity contribution is 1.30. The molecule has 0 saturated heterocycles. The highest BCUT2D eigenvalue weighted by atomic mass is 32.4. The predicted octanol–water partition coefficient (Wildman–Crippen LogP) is 4.76. The van der Waals surface area contributed by atoms with Gasteiger partial charge in [-0.1, -0.05) is 25.7 Å². The van der Waals surface area contributed by atoms with Gasteiger partial charge < -0.3 is 0 Å². The first-order valence-corrected chi connectivity index (χ1v) is 11.3. The van der Waals surface area contributed by atoms with E-state index in [4.69, 9.17) is 0 Å². The van der Waals surface area contributed by atoms with Crippen molar-refractivity contribution in [2.45, 2.75) is 24.5 Å². The molecular weight excluding hydrogens is 268 g/mol. The summed E-state index contributed by atoms with van der Waals surface area (Å²) in [5, 5.41) is 0. The smallest absolute Gasteiger partial charge is 0.114 e. The molecule has 0 aliphatic rings. The van der Waals surface area contributed by atoms with E-state index in [2.05, 4.69) is 53.9 Å². The Morgan fingerprint density at radius 2 is 1.79 bits per heavy atom. The van der Waals surface area contributed by atoms with E-state index in [1.54, 1.807) is 12.4 Å². The molecule has 2 aromatic rings. The highest BCUT2D eigenvalue weighted by Crippen LogP contribution is 2.30. The molecule has 1 aromatic heterocycles. The van der Waals surface area contributed by atoms with Crippen LogP contribution in [-0.2, 0) is 0 Å². The molecule has 0 aliphatic heterocycles. The molecule has 4 heteroatoms. The summed E-state index contributed by atoms with van der Waals surface area (Å²) in [6.07, 6.45) is 3.57. The SMILES string of the molecule is C[Si](C)(C)Sc1ccc(/N=C/c2ccccn2)cc1. The molecule has 2 nitrogen and oxygen atoms in total. The number of hydrogen-bond donors (Lipinski definition) is 0. The maximum absolute atomic E-state index is 4.43. The van der Waals surface area contributed by atoms with Crippen LogP contribution in [0.15, 0.2) is 58.5 Å². The maximum atomic E-state index is 4.43. The summed E-state index contributed by atoms with van der Waals surface area (Å²) in [6, 6.07) is 14.2. The lowest BCUT2D eigenvalue weighted by Crippen LogP contribution is -2.13. The second-order valence-corrected chi connectivity index (χ2v) is 14.4. The number of aliphatic imine (C=N–C) groups is 1. The van der Waals surface area contributed by atoms with Gasteiger partial charge in [-0.25, -0.2) is 0 Å². The molecule has 19 heavy (non-hydrogen) atoms. The number of rotatable bonds is 4. The first-order chi connectivity index (χ1) is 9.03. The second-order valence-electron chi connectivity index (χ2n) is 5.22. The molecule has 0 amide bonds. The maximum Gasteiger partial charge on any atom is 0.114 e. The summed E-state index contributed by atoms with van der Waals surface area (Å²) in [6.45, 7) is 7.06. The minimum atomic E-state index is -1.12. The number of pyridine rings is 1. The Morgan fingerprint density at radius 1 is 1.05 bits per heavy atom. The molecule has 0 fully saturated rings. The van der Waals surface area contributed by atoms with Gasteiger partial charge in [0.05, 0.1) is 17.6 Å². The van der Waals surface area contributed by atoms with Crippen LogP contribution in [0.5, 0.6) is 0 Å². The summed E-state index contributed by atoms with van der Waals surface area (Å²) >= 11 is 2.00. The number of benzene rings is 1. The van der Waals surface area contributed by atoms with Gasteiger partial charge in [-0.05, 0) is 36.4 Å². The molecule has 0 spiro atoms. The minimum Gasteiger partial charge on any atom is -0.255 e. The third-order valence-corrected chi connectivity index (χ3v) is 5.96. The van der Waals surface area contributed by atoms with Gasteiger partial charge in [0.2, 0.25) is 0 Å². The summed E-state index contributed by atoms with van der Waals surface area (Å²) in [5.74, 6) is 0. The zero-order valence-corrected chi connectivity index (χ0v) is 13.3. The van der Waals surface area contributed by atoms with Gasteiger partial charge >= 0.3 is 0 Å². The molecule has 98 valence electrons. The third kappa shape index (κ3) is 5.01. The fourth-order valence-electron chi connectivity index (χ4n) is 1.55. The summed E-state index contributed by atoms with van der Waals surface area (Å²) in [4.78, 5) is 9.97. The van der Waals surface area contributed by atoms with E-state index in [-0.39, 0.29) is 0 Å². The van der Waals surface area contributed by atoms with Gasteiger partial charge in [-0.2, -0.15) is 11.2 Å². The number of aromatic nitrogens is 1. The van der Waals surface area contributed by atoms with Crippen molar-refractivity contribution < 1.29 is 0 Å². The van der Waals surface area contributed by atoms with Crippen LogP contribution in [0.1, 0.15) is 5.69 Å². The Kier molecular flexibility index (Phi) is 4.55. The van der Waals surface area contributed by atoms with Gasteiger partial charge in [-0.15, -0.1) is 0 Å². The van der Waals surface area contributed by atoms with E-state index in [9.17, 15) is 0 Å². The average Bonchev–Trinajstić information content (AvgIpc) is 2.37. The molecular formula is C15H18N2SSi. The van der Waals surface area contributed by atoms with Gasteiger partial charge in [0, 0.05) is 11.1 Å². The Balaban J connectivity index is 2.05. The first kappa shape index (κ1) is 14.0. The molecule has 0 unspecified atom stereocenters. The third-order valence-electron chi connectivity index (χ3n) is 2.29. The molecule has 1 heterocycles. The van der Waals surface area contributed by atoms with Crippen molar-refractivity contribution in [3.05, 3.63) is 54.4 Å². The normalized spacial score (nSPS) is 11.9. The monoisotopic (exact) mass is 286 g/mol. The van der Waals surface area contributed by atoms with Crippen molar-refractivity contribution in [1.82, 2.24) is 4.98 Å². The van der Waals surface area contributed by atoms with Crippen LogP contribution in [0, 0.1) is 0 Å². The lowest BCUT2D eigenvalue weighted by Gasteiger charge is -2.14. The zero-order valence-electron chi connectivity index (χ0n) is 11.5. The van der Waals surface area contributed by atoms with Gasteiger partial charge in [0.1, 0.15) is 7.22 Å². The molecule has 0 saturated carbocycles. The topological polar surface area (TPSA) is 25.2 Å². The van der Waals surface area contributed by atoms with Crippen LogP contribution >= 0.6 is 11.2 Å². The standard InChI is InChI=1S/C15H18N2SSi/c1-19(2,3)18-15-9-7-13(8-10-15)17-12-14-6-4-5-11-16-14/h4-12H,1-3H3/b17-12+.